The predicted octanol–water partition coefficient (Wildman–Crippen LogP) is 5.08. The molecule has 5 rings (SSSR count). The molecule has 1 N–H and O–H groups in total. The Morgan fingerprint density at radius 1 is 0.784 bits per heavy atom. The van der Waals surface area contributed by atoms with E-state index in [4.69, 9.17) is 9.97 Å². The number of rotatable bonds is 8. The second-order valence-corrected chi connectivity index (χ2v) is 10.0. The van der Waals surface area contributed by atoms with Crippen LogP contribution in [0.1, 0.15) is 27.9 Å². The SMILES string of the molecule is Cc1ccccc1Cc1c(C)nc(-c2ccccc2)nc1N1CCN(CC(O)Cc2ccccc2)CC1. The predicted molar refractivity (Wildman–Crippen MR) is 151 cm³/mol. The van der Waals surface area contributed by atoms with E-state index in [0.717, 1.165) is 55.5 Å². The zero-order chi connectivity index (χ0) is 25.6. The van der Waals surface area contributed by atoms with Crippen molar-refractivity contribution in [3.05, 3.63) is 113 Å². The van der Waals surface area contributed by atoms with Gasteiger partial charge in [-0.25, -0.2) is 9.97 Å². The Balaban J connectivity index is 1.35. The Morgan fingerprint density at radius 3 is 2.14 bits per heavy atom. The number of nitrogens with zero attached hydrogens (tertiary/aromatic N) is 4. The minimum atomic E-state index is -0.364. The number of piperazine rings is 1. The highest BCUT2D eigenvalue weighted by atomic mass is 16.3. The summed E-state index contributed by atoms with van der Waals surface area (Å²) >= 11 is 0. The highest BCUT2D eigenvalue weighted by Gasteiger charge is 2.24. The summed E-state index contributed by atoms with van der Waals surface area (Å²) in [4.78, 5) is 14.9. The third-order valence-electron chi connectivity index (χ3n) is 7.31. The minimum Gasteiger partial charge on any atom is -0.391 e. The van der Waals surface area contributed by atoms with Gasteiger partial charge < -0.3 is 10.0 Å². The maximum atomic E-state index is 10.7. The van der Waals surface area contributed by atoms with Crippen molar-refractivity contribution in [3.8, 4) is 11.4 Å². The first-order valence-corrected chi connectivity index (χ1v) is 13.2. The van der Waals surface area contributed by atoms with Gasteiger partial charge in [-0.3, -0.25) is 4.90 Å². The molecule has 0 aliphatic carbocycles. The minimum absolute atomic E-state index is 0.364. The molecule has 1 aliphatic rings. The van der Waals surface area contributed by atoms with Crippen LogP contribution in [0.5, 0.6) is 0 Å². The van der Waals surface area contributed by atoms with E-state index >= 15 is 0 Å². The van der Waals surface area contributed by atoms with Crippen LogP contribution in [-0.4, -0.2) is 58.8 Å². The van der Waals surface area contributed by atoms with E-state index in [1.54, 1.807) is 0 Å². The highest BCUT2D eigenvalue weighted by molar-refractivity contribution is 5.61. The number of hydrogen-bond acceptors (Lipinski definition) is 5. The van der Waals surface area contributed by atoms with Crippen molar-refractivity contribution in [2.45, 2.75) is 32.8 Å². The largest absolute Gasteiger partial charge is 0.391 e. The molecule has 4 aromatic rings. The third-order valence-corrected chi connectivity index (χ3v) is 7.31. The van der Waals surface area contributed by atoms with E-state index in [2.05, 4.69) is 72.2 Å². The van der Waals surface area contributed by atoms with E-state index in [0.29, 0.717) is 13.0 Å². The fourth-order valence-electron chi connectivity index (χ4n) is 5.16. The van der Waals surface area contributed by atoms with Crippen molar-refractivity contribution in [3.63, 3.8) is 0 Å². The average molecular weight is 493 g/mol. The molecule has 1 atom stereocenters. The molecular weight excluding hydrogens is 456 g/mol. The normalized spacial score (nSPS) is 15.1. The molecule has 0 spiro atoms. The summed E-state index contributed by atoms with van der Waals surface area (Å²) in [5, 5.41) is 10.7. The Bertz CT molecular complexity index is 1300. The lowest BCUT2D eigenvalue weighted by molar-refractivity contribution is 0.109. The molecule has 190 valence electrons. The van der Waals surface area contributed by atoms with Gasteiger partial charge in [-0.2, -0.15) is 0 Å². The van der Waals surface area contributed by atoms with Gasteiger partial charge in [-0.15, -0.1) is 0 Å². The Morgan fingerprint density at radius 2 is 1.43 bits per heavy atom. The van der Waals surface area contributed by atoms with Crippen molar-refractivity contribution in [2.75, 3.05) is 37.6 Å². The number of hydrogen-bond donors (Lipinski definition) is 1. The van der Waals surface area contributed by atoms with Crippen LogP contribution in [0.25, 0.3) is 11.4 Å². The summed E-state index contributed by atoms with van der Waals surface area (Å²) in [5.41, 5.74) is 7.05. The molecule has 0 amide bonds. The first-order chi connectivity index (χ1) is 18.1. The standard InChI is InChI=1S/C32H36N4O/c1-24-11-9-10-16-28(24)22-30-25(2)33-31(27-14-7-4-8-15-27)34-32(30)36-19-17-35(18-20-36)23-29(37)21-26-12-5-3-6-13-26/h3-16,29,37H,17-23H2,1-2H3. The molecule has 37 heavy (non-hydrogen) atoms. The van der Waals surface area contributed by atoms with Crippen LogP contribution < -0.4 is 4.90 Å². The highest BCUT2D eigenvalue weighted by Crippen LogP contribution is 2.29. The van der Waals surface area contributed by atoms with Crippen molar-refractivity contribution >= 4 is 5.82 Å². The molecule has 0 saturated carbocycles. The molecular formula is C32H36N4O. The van der Waals surface area contributed by atoms with Gasteiger partial charge in [0.2, 0.25) is 0 Å². The summed E-state index contributed by atoms with van der Waals surface area (Å²) in [6, 6.07) is 29.1. The molecule has 5 nitrogen and oxygen atoms in total. The summed E-state index contributed by atoms with van der Waals surface area (Å²) in [6.07, 6.45) is 1.14. The fourth-order valence-corrected chi connectivity index (χ4v) is 5.16. The summed E-state index contributed by atoms with van der Waals surface area (Å²) in [6.45, 7) is 8.53. The number of aromatic nitrogens is 2. The fraction of sp³-hybridized carbons (Fsp3) is 0.312. The molecule has 3 aromatic carbocycles. The summed E-state index contributed by atoms with van der Waals surface area (Å²) in [5.74, 6) is 1.82. The molecule has 1 fully saturated rings. The molecule has 1 unspecified atom stereocenters. The zero-order valence-corrected chi connectivity index (χ0v) is 21.8. The van der Waals surface area contributed by atoms with E-state index in [-0.39, 0.29) is 6.10 Å². The smallest absolute Gasteiger partial charge is 0.161 e. The van der Waals surface area contributed by atoms with Gasteiger partial charge in [0.25, 0.3) is 0 Å². The van der Waals surface area contributed by atoms with Gasteiger partial charge in [0.05, 0.1) is 6.10 Å². The number of anilines is 1. The zero-order valence-electron chi connectivity index (χ0n) is 21.8. The van der Waals surface area contributed by atoms with Crippen LogP contribution in [0, 0.1) is 13.8 Å². The Hall–Kier alpha value is -3.54. The summed E-state index contributed by atoms with van der Waals surface area (Å²) in [7, 11) is 0. The second-order valence-electron chi connectivity index (χ2n) is 10.0. The van der Waals surface area contributed by atoms with Gasteiger partial charge in [-0.1, -0.05) is 84.9 Å². The summed E-state index contributed by atoms with van der Waals surface area (Å²) < 4.78 is 0. The number of aliphatic hydroxyl groups excluding tert-OH is 1. The molecule has 1 aliphatic heterocycles. The monoisotopic (exact) mass is 492 g/mol. The van der Waals surface area contributed by atoms with E-state index in [1.165, 1.54) is 22.3 Å². The van der Waals surface area contributed by atoms with Crippen molar-refractivity contribution in [2.24, 2.45) is 0 Å². The maximum absolute atomic E-state index is 10.7. The van der Waals surface area contributed by atoms with Crippen LogP contribution in [0.3, 0.4) is 0 Å². The molecule has 1 saturated heterocycles. The first-order valence-electron chi connectivity index (χ1n) is 13.2. The van der Waals surface area contributed by atoms with Crippen molar-refractivity contribution < 1.29 is 5.11 Å². The third kappa shape index (κ3) is 6.24. The molecule has 0 bridgehead atoms. The van der Waals surface area contributed by atoms with Crippen LogP contribution in [0.15, 0.2) is 84.9 Å². The maximum Gasteiger partial charge on any atom is 0.161 e. The van der Waals surface area contributed by atoms with Gasteiger partial charge >= 0.3 is 0 Å². The van der Waals surface area contributed by atoms with Gasteiger partial charge in [0.1, 0.15) is 5.82 Å². The number of benzene rings is 3. The second kappa shape index (κ2) is 11.7. The van der Waals surface area contributed by atoms with Crippen molar-refractivity contribution in [1.82, 2.24) is 14.9 Å². The average Bonchev–Trinajstić information content (AvgIpc) is 2.92. The van der Waals surface area contributed by atoms with E-state index in [9.17, 15) is 5.11 Å². The van der Waals surface area contributed by atoms with Crippen LogP contribution in [0.4, 0.5) is 5.82 Å². The van der Waals surface area contributed by atoms with Gasteiger partial charge in [0.15, 0.2) is 5.82 Å². The Labute approximate surface area is 220 Å². The lowest BCUT2D eigenvalue weighted by Gasteiger charge is -2.37. The lowest BCUT2D eigenvalue weighted by atomic mass is 9.99. The molecule has 5 heteroatoms. The topological polar surface area (TPSA) is 52.5 Å². The Kier molecular flexibility index (Phi) is 7.93. The van der Waals surface area contributed by atoms with Crippen LogP contribution in [-0.2, 0) is 12.8 Å². The van der Waals surface area contributed by atoms with Gasteiger partial charge in [-0.05, 0) is 37.0 Å². The van der Waals surface area contributed by atoms with Crippen LogP contribution in [0.2, 0.25) is 0 Å². The van der Waals surface area contributed by atoms with Crippen molar-refractivity contribution in [1.29, 1.82) is 0 Å². The van der Waals surface area contributed by atoms with E-state index in [1.807, 2.05) is 36.4 Å². The first kappa shape index (κ1) is 25.1. The van der Waals surface area contributed by atoms with Gasteiger partial charge in [0, 0.05) is 56.0 Å². The quantitative estimate of drug-likeness (QED) is 0.372. The molecule has 0 radical (unpaired) electrons. The van der Waals surface area contributed by atoms with Crippen LogP contribution >= 0.6 is 0 Å². The number of aliphatic hydroxyl groups is 1. The van der Waals surface area contributed by atoms with E-state index < -0.39 is 0 Å². The molecule has 1 aromatic heterocycles. The number of β-amino-alcohol motifs (C(OH)–C–C–N with tert-alkyl or cyclic N) is 1. The lowest BCUT2D eigenvalue weighted by Crippen LogP contribution is -2.49. The molecule has 2 heterocycles. The number of aryl methyl sites for hydroxylation is 2.